The average Bonchev–Trinajstić information content (AvgIpc) is 2.57. The van der Waals surface area contributed by atoms with Crippen molar-refractivity contribution in [3.8, 4) is 0 Å². The van der Waals surface area contributed by atoms with Crippen molar-refractivity contribution >= 4 is 21.7 Å². The van der Waals surface area contributed by atoms with E-state index in [0.29, 0.717) is 12.2 Å². The molecule has 0 saturated heterocycles. The summed E-state index contributed by atoms with van der Waals surface area (Å²) in [5.74, 6) is 0. The molecule has 2 aromatic rings. The Morgan fingerprint density at radius 1 is 1.12 bits per heavy atom. The minimum atomic E-state index is -3.33. The van der Waals surface area contributed by atoms with Gasteiger partial charge >= 0.3 is 6.03 Å². The van der Waals surface area contributed by atoms with Crippen LogP contribution < -0.4 is 15.4 Å². The fourth-order valence-corrected chi connectivity index (χ4v) is 3.13. The molecule has 0 aliphatic carbocycles. The summed E-state index contributed by atoms with van der Waals surface area (Å²) in [7, 11) is -3.33. The van der Waals surface area contributed by atoms with E-state index in [1.807, 2.05) is 44.2 Å². The van der Waals surface area contributed by atoms with Crippen molar-refractivity contribution in [1.29, 1.82) is 0 Å². The highest BCUT2D eigenvalue weighted by atomic mass is 32.2. The lowest BCUT2D eigenvalue weighted by molar-refractivity contribution is 0.236. The molecule has 0 radical (unpaired) electrons. The lowest BCUT2D eigenvalue weighted by atomic mass is 10.0. The molecule has 0 heterocycles. The number of nitrogens with one attached hydrogen (secondary N) is 3. The maximum absolute atomic E-state index is 12.2. The Morgan fingerprint density at radius 2 is 1.81 bits per heavy atom. The molecule has 6 nitrogen and oxygen atoms in total. The summed E-state index contributed by atoms with van der Waals surface area (Å²) in [4.78, 5) is 12.2. The first kappa shape index (κ1) is 19.8. The van der Waals surface area contributed by atoms with Crippen LogP contribution in [0.15, 0.2) is 48.5 Å². The molecule has 0 bridgehead atoms. The average molecular weight is 375 g/mol. The minimum absolute atomic E-state index is 0.0613. The number of hydrogen-bond acceptors (Lipinski definition) is 3. The van der Waals surface area contributed by atoms with Crippen molar-refractivity contribution in [2.75, 3.05) is 11.0 Å². The van der Waals surface area contributed by atoms with Gasteiger partial charge in [0.2, 0.25) is 10.0 Å². The zero-order valence-corrected chi connectivity index (χ0v) is 16.1. The van der Waals surface area contributed by atoms with Gasteiger partial charge in [0.25, 0.3) is 0 Å². The van der Waals surface area contributed by atoms with Crippen LogP contribution in [0.5, 0.6) is 0 Å². The zero-order chi connectivity index (χ0) is 19.2. The molecule has 0 spiro atoms. The number of aryl methyl sites for hydroxylation is 1. The third kappa shape index (κ3) is 6.40. The molecule has 0 aliphatic heterocycles. The van der Waals surface area contributed by atoms with Gasteiger partial charge in [-0.3, -0.25) is 4.72 Å². The SMILES string of the molecule is CC[C@H](NC(=O)NCc1cccc(NS(C)(=O)=O)c1)c1ccc(C)cc1. The first-order valence-corrected chi connectivity index (χ1v) is 10.3. The van der Waals surface area contributed by atoms with Crippen molar-refractivity contribution in [2.24, 2.45) is 0 Å². The Bertz CT molecular complexity index is 849. The summed E-state index contributed by atoms with van der Waals surface area (Å²) in [5, 5.41) is 5.77. The van der Waals surface area contributed by atoms with Crippen LogP contribution in [0.3, 0.4) is 0 Å². The molecule has 2 amide bonds. The van der Waals surface area contributed by atoms with Crippen LogP contribution in [-0.4, -0.2) is 20.7 Å². The molecule has 2 rings (SSSR count). The van der Waals surface area contributed by atoms with E-state index in [4.69, 9.17) is 0 Å². The number of rotatable bonds is 7. The van der Waals surface area contributed by atoms with Gasteiger partial charge in [-0.2, -0.15) is 0 Å². The summed E-state index contributed by atoms with van der Waals surface area (Å²) in [5.41, 5.74) is 3.51. The number of sulfonamides is 1. The second-order valence-electron chi connectivity index (χ2n) is 6.27. The third-order valence-electron chi connectivity index (χ3n) is 3.88. The molecule has 0 saturated carbocycles. The summed E-state index contributed by atoms with van der Waals surface area (Å²) in [6.45, 7) is 4.35. The van der Waals surface area contributed by atoms with Gasteiger partial charge in [0.05, 0.1) is 12.3 Å². The molecule has 140 valence electrons. The molecule has 1 atom stereocenters. The van der Waals surface area contributed by atoms with Gasteiger partial charge in [0.15, 0.2) is 0 Å². The summed E-state index contributed by atoms with van der Waals surface area (Å²) in [6, 6.07) is 14.7. The van der Waals surface area contributed by atoms with Gasteiger partial charge < -0.3 is 10.6 Å². The van der Waals surface area contributed by atoms with E-state index in [-0.39, 0.29) is 12.1 Å². The molecule has 0 aliphatic rings. The molecule has 0 fully saturated rings. The molecular weight excluding hydrogens is 350 g/mol. The second kappa shape index (κ2) is 8.71. The van der Waals surface area contributed by atoms with Crippen LogP contribution in [-0.2, 0) is 16.6 Å². The van der Waals surface area contributed by atoms with Gasteiger partial charge in [0.1, 0.15) is 0 Å². The van der Waals surface area contributed by atoms with E-state index >= 15 is 0 Å². The van der Waals surface area contributed by atoms with E-state index in [1.165, 1.54) is 5.56 Å². The Kier molecular flexibility index (Phi) is 6.63. The lowest BCUT2D eigenvalue weighted by Crippen LogP contribution is -2.37. The zero-order valence-electron chi connectivity index (χ0n) is 15.2. The summed E-state index contributed by atoms with van der Waals surface area (Å²) < 4.78 is 25.0. The van der Waals surface area contributed by atoms with Crippen LogP contribution in [0.1, 0.15) is 36.1 Å². The molecule has 7 heteroatoms. The van der Waals surface area contributed by atoms with Crippen molar-refractivity contribution in [1.82, 2.24) is 10.6 Å². The van der Waals surface area contributed by atoms with Gasteiger partial charge in [-0.05, 0) is 36.6 Å². The monoisotopic (exact) mass is 375 g/mol. The third-order valence-corrected chi connectivity index (χ3v) is 4.48. The maximum atomic E-state index is 12.2. The standard InChI is InChI=1S/C19H25N3O3S/c1-4-18(16-10-8-14(2)9-11-16)21-19(23)20-13-15-6-5-7-17(12-15)22-26(3,24)25/h5-12,18,22H,4,13H2,1-3H3,(H2,20,21,23)/t18-/m0/s1. The molecule has 0 aromatic heterocycles. The smallest absolute Gasteiger partial charge is 0.315 e. The highest BCUT2D eigenvalue weighted by Crippen LogP contribution is 2.17. The number of urea groups is 1. The number of anilines is 1. The molecule has 0 unspecified atom stereocenters. The minimum Gasteiger partial charge on any atom is -0.334 e. The first-order valence-electron chi connectivity index (χ1n) is 8.44. The molecular formula is C19H25N3O3S. The van der Waals surface area contributed by atoms with Crippen LogP contribution in [0, 0.1) is 6.92 Å². The number of carbonyl (C=O) groups excluding carboxylic acids is 1. The lowest BCUT2D eigenvalue weighted by Gasteiger charge is -2.18. The highest BCUT2D eigenvalue weighted by Gasteiger charge is 2.12. The summed E-state index contributed by atoms with van der Waals surface area (Å²) >= 11 is 0. The van der Waals surface area contributed by atoms with E-state index < -0.39 is 10.0 Å². The van der Waals surface area contributed by atoms with Crippen LogP contribution >= 0.6 is 0 Å². The fourth-order valence-electron chi connectivity index (χ4n) is 2.57. The second-order valence-corrected chi connectivity index (χ2v) is 8.02. The van der Waals surface area contributed by atoms with Gasteiger partial charge in [-0.15, -0.1) is 0 Å². The number of carbonyl (C=O) groups is 1. The Labute approximate surface area is 155 Å². The maximum Gasteiger partial charge on any atom is 0.315 e. The predicted molar refractivity (Wildman–Crippen MR) is 104 cm³/mol. The number of amides is 2. The van der Waals surface area contributed by atoms with Crippen LogP contribution in [0.25, 0.3) is 0 Å². The van der Waals surface area contributed by atoms with Gasteiger partial charge in [-0.1, -0.05) is 48.9 Å². The van der Waals surface area contributed by atoms with Crippen molar-refractivity contribution in [2.45, 2.75) is 32.9 Å². The number of hydrogen-bond donors (Lipinski definition) is 3. The van der Waals surface area contributed by atoms with E-state index in [0.717, 1.165) is 23.8 Å². The van der Waals surface area contributed by atoms with Gasteiger partial charge in [-0.25, -0.2) is 13.2 Å². The van der Waals surface area contributed by atoms with Crippen LogP contribution in [0.4, 0.5) is 10.5 Å². The summed E-state index contributed by atoms with van der Waals surface area (Å²) in [6.07, 6.45) is 1.88. The van der Waals surface area contributed by atoms with Crippen molar-refractivity contribution < 1.29 is 13.2 Å². The van der Waals surface area contributed by atoms with Gasteiger partial charge in [0, 0.05) is 12.2 Å². The largest absolute Gasteiger partial charge is 0.334 e. The predicted octanol–water partition coefficient (Wildman–Crippen LogP) is 3.32. The van der Waals surface area contributed by atoms with Crippen molar-refractivity contribution in [3.63, 3.8) is 0 Å². The molecule has 3 N–H and O–H groups in total. The van der Waals surface area contributed by atoms with E-state index in [2.05, 4.69) is 15.4 Å². The fraction of sp³-hybridized carbons (Fsp3) is 0.316. The topological polar surface area (TPSA) is 87.3 Å². The Hall–Kier alpha value is -2.54. The first-order chi connectivity index (χ1) is 12.3. The normalized spacial score (nSPS) is 12.3. The highest BCUT2D eigenvalue weighted by molar-refractivity contribution is 7.92. The number of benzene rings is 2. The van der Waals surface area contributed by atoms with E-state index in [1.54, 1.807) is 18.2 Å². The quantitative estimate of drug-likeness (QED) is 0.694. The van der Waals surface area contributed by atoms with E-state index in [9.17, 15) is 13.2 Å². The Balaban J connectivity index is 1.93. The van der Waals surface area contributed by atoms with Crippen molar-refractivity contribution in [3.05, 3.63) is 65.2 Å². The Morgan fingerprint density at radius 3 is 2.42 bits per heavy atom. The molecule has 26 heavy (non-hydrogen) atoms. The van der Waals surface area contributed by atoms with Crippen LogP contribution in [0.2, 0.25) is 0 Å². The molecule has 2 aromatic carbocycles.